The molecule has 0 aliphatic carbocycles. The van der Waals surface area contributed by atoms with Crippen molar-refractivity contribution in [2.24, 2.45) is 0 Å². The zero-order valence-corrected chi connectivity index (χ0v) is 10.5. The van der Waals surface area contributed by atoms with Gasteiger partial charge < -0.3 is 4.90 Å². The topological polar surface area (TPSA) is 54.5 Å². The Morgan fingerprint density at radius 3 is 2.47 bits per heavy atom. The summed E-state index contributed by atoms with van der Waals surface area (Å²) in [5, 5.41) is 0. The molecule has 1 saturated heterocycles. The molecule has 1 aromatic rings. The van der Waals surface area contributed by atoms with Gasteiger partial charge in [0.15, 0.2) is 9.84 Å². The van der Waals surface area contributed by atoms with E-state index in [4.69, 9.17) is 0 Å². The van der Waals surface area contributed by atoms with E-state index >= 15 is 0 Å². The number of sulfone groups is 1. The van der Waals surface area contributed by atoms with Gasteiger partial charge in [-0.3, -0.25) is 4.79 Å². The lowest BCUT2D eigenvalue weighted by molar-refractivity contribution is 0.0747. The van der Waals surface area contributed by atoms with Gasteiger partial charge in [-0.1, -0.05) is 18.2 Å². The number of rotatable bonds is 2. The van der Waals surface area contributed by atoms with Gasteiger partial charge >= 0.3 is 0 Å². The predicted molar refractivity (Wildman–Crippen MR) is 65.6 cm³/mol. The van der Waals surface area contributed by atoms with Crippen molar-refractivity contribution in [1.29, 1.82) is 0 Å². The second kappa shape index (κ2) is 4.49. The van der Waals surface area contributed by atoms with Gasteiger partial charge in [-0.25, -0.2) is 8.42 Å². The van der Waals surface area contributed by atoms with Crippen LogP contribution in [-0.2, 0) is 9.84 Å². The molecule has 1 aromatic carbocycles. The summed E-state index contributed by atoms with van der Waals surface area (Å²) in [5.41, 5.74) is 0.597. The molecule has 0 aromatic heterocycles. The first kappa shape index (κ1) is 12.1. The Balaban J connectivity index is 2.11. The summed E-state index contributed by atoms with van der Waals surface area (Å²) >= 11 is 0. The molecule has 1 aliphatic heterocycles. The van der Waals surface area contributed by atoms with Crippen LogP contribution in [0.1, 0.15) is 16.8 Å². The maximum Gasteiger partial charge on any atom is 0.253 e. The second-order valence-electron chi connectivity index (χ2n) is 4.34. The molecular formula is C12H15NO3S. The lowest BCUT2D eigenvalue weighted by atomic mass is 10.1. The van der Waals surface area contributed by atoms with Gasteiger partial charge in [0.2, 0.25) is 0 Å². The lowest BCUT2D eigenvalue weighted by Gasteiger charge is -2.23. The van der Waals surface area contributed by atoms with Crippen LogP contribution in [0.15, 0.2) is 30.3 Å². The minimum atomic E-state index is -2.95. The van der Waals surface area contributed by atoms with E-state index in [0.29, 0.717) is 12.0 Å². The molecular weight excluding hydrogens is 238 g/mol. The van der Waals surface area contributed by atoms with Gasteiger partial charge in [0.25, 0.3) is 5.91 Å². The molecule has 1 heterocycles. The molecule has 1 fully saturated rings. The van der Waals surface area contributed by atoms with Crippen LogP contribution in [0.25, 0.3) is 0 Å². The summed E-state index contributed by atoms with van der Waals surface area (Å²) in [7, 11) is -1.28. The van der Waals surface area contributed by atoms with Crippen molar-refractivity contribution < 1.29 is 13.2 Å². The fourth-order valence-electron chi connectivity index (χ4n) is 2.03. The Labute approximate surface area is 101 Å². The van der Waals surface area contributed by atoms with Gasteiger partial charge in [0, 0.05) is 18.7 Å². The molecule has 17 heavy (non-hydrogen) atoms. The highest BCUT2D eigenvalue weighted by Gasteiger charge is 2.32. The summed E-state index contributed by atoms with van der Waals surface area (Å²) in [6.07, 6.45) is 0.539. The molecule has 0 radical (unpaired) electrons. The highest BCUT2D eigenvalue weighted by atomic mass is 32.2. The monoisotopic (exact) mass is 253 g/mol. The maximum absolute atomic E-state index is 12.1. The molecule has 0 spiro atoms. The molecule has 0 unspecified atom stereocenters. The van der Waals surface area contributed by atoms with E-state index in [1.807, 2.05) is 6.07 Å². The Morgan fingerprint density at radius 2 is 1.94 bits per heavy atom. The molecule has 4 nitrogen and oxygen atoms in total. The van der Waals surface area contributed by atoms with E-state index in [2.05, 4.69) is 0 Å². The van der Waals surface area contributed by atoms with Crippen LogP contribution in [0.4, 0.5) is 0 Å². The van der Waals surface area contributed by atoms with Gasteiger partial charge in [-0.05, 0) is 18.6 Å². The molecule has 0 bridgehead atoms. The van der Waals surface area contributed by atoms with Crippen molar-refractivity contribution in [3.63, 3.8) is 0 Å². The number of hydrogen-bond acceptors (Lipinski definition) is 3. The van der Waals surface area contributed by atoms with Crippen LogP contribution in [0.5, 0.6) is 0 Å². The fraction of sp³-hybridized carbons (Fsp3) is 0.417. The first-order chi connectivity index (χ1) is 7.99. The van der Waals surface area contributed by atoms with Crippen LogP contribution < -0.4 is 0 Å². The van der Waals surface area contributed by atoms with E-state index in [0.717, 1.165) is 0 Å². The summed E-state index contributed by atoms with van der Waals surface area (Å²) in [5.74, 6) is 0.152. The van der Waals surface area contributed by atoms with E-state index in [9.17, 15) is 13.2 Å². The molecule has 0 N–H and O–H groups in total. The van der Waals surface area contributed by atoms with Gasteiger partial charge in [0.1, 0.15) is 0 Å². The van der Waals surface area contributed by atoms with Crippen LogP contribution in [0.2, 0.25) is 0 Å². The minimum Gasteiger partial charge on any atom is -0.338 e. The molecule has 5 heteroatoms. The van der Waals surface area contributed by atoms with Gasteiger partial charge in [-0.15, -0.1) is 0 Å². The summed E-state index contributed by atoms with van der Waals surface area (Å²) in [6, 6.07) is 8.73. The maximum atomic E-state index is 12.1. The standard InChI is InChI=1S/C12H15NO3S/c1-13(11-7-8-17(15,16)9-11)12(14)10-5-3-2-4-6-10/h2-6,11H,7-9H2,1H3/t11-/m0/s1. The van der Waals surface area contributed by atoms with Crippen LogP contribution >= 0.6 is 0 Å². The largest absolute Gasteiger partial charge is 0.338 e. The van der Waals surface area contributed by atoms with Crippen LogP contribution in [0.3, 0.4) is 0 Å². The zero-order valence-electron chi connectivity index (χ0n) is 9.67. The number of benzene rings is 1. The van der Waals surface area contributed by atoms with Crippen molar-refractivity contribution in [2.45, 2.75) is 12.5 Å². The third-order valence-electron chi connectivity index (χ3n) is 3.10. The average molecular weight is 253 g/mol. The molecule has 1 amide bonds. The number of nitrogens with zero attached hydrogens (tertiary/aromatic N) is 1. The average Bonchev–Trinajstić information content (AvgIpc) is 2.69. The summed E-state index contributed by atoms with van der Waals surface area (Å²) in [6.45, 7) is 0. The van der Waals surface area contributed by atoms with Gasteiger partial charge in [-0.2, -0.15) is 0 Å². The number of amides is 1. The van der Waals surface area contributed by atoms with E-state index in [1.165, 1.54) is 0 Å². The van der Waals surface area contributed by atoms with Crippen molar-refractivity contribution in [3.05, 3.63) is 35.9 Å². The normalized spacial score (nSPS) is 22.3. The smallest absolute Gasteiger partial charge is 0.253 e. The van der Waals surface area contributed by atoms with Gasteiger partial charge in [0.05, 0.1) is 11.5 Å². The van der Waals surface area contributed by atoms with Crippen molar-refractivity contribution in [2.75, 3.05) is 18.6 Å². The summed E-state index contributed by atoms with van der Waals surface area (Å²) in [4.78, 5) is 13.6. The molecule has 1 aliphatic rings. The highest BCUT2D eigenvalue weighted by molar-refractivity contribution is 7.91. The molecule has 1 atom stereocenters. The van der Waals surface area contributed by atoms with Crippen LogP contribution in [0, 0.1) is 0 Å². The SMILES string of the molecule is CN(C(=O)c1ccccc1)[C@H]1CCS(=O)(=O)C1. The number of carbonyl (C=O) groups excluding carboxylic acids is 1. The molecule has 2 rings (SSSR count). The second-order valence-corrected chi connectivity index (χ2v) is 6.57. The van der Waals surface area contributed by atoms with Crippen LogP contribution in [-0.4, -0.2) is 43.8 Å². The Bertz CT molecular complexity index is 510. The Morgan fingerprint density at radius 1 is 1.29 bits per heavy atom. The summed E-state index contributed by atoms with van der Waals surface area (Å²) < 4.78 is 22.7. The number of hydrogen-bond donors (Lipinski definition) is 0. The Kier molecular flexibility index (Phi) is 3.19. The van der Waals surface area contributed by atoms with E-state index in [-0.39, 0.29) is 23.5 Å². The van der Waals surface area contributed by atoms with Crippen molar-refractivity contribution >= 4 is 15.7 Å². The van der Waals surface area contributed by atoms with E-state index in [1.54, 1.807) is 36.2 Å². The Hall–Kier alpha value is -1.36. The molecule has 92 valence electrons. The quantitative estimate of drug-likeness (QED) is 0.788. The van der Waals surface area contributed by atoms with E-state index < -0.39 is 9.84 Å². The lowest BCUT2D eigenvalue weighted by Crippen LogP contribution is -2.37. The predicted octanol–water partition coefficient (Wildman–Crippen LogP) is 0.946. The van der Waals surface area contributed by atoms with Crippen molar-refractivity contribution in [1.82, 2.24) is 4.90 Å². The minimum absolute atomic E-state index is 0.0854. The first-order valence-electron chi connectivity index (χ1n) is 5.52. The highest BCUT2D eigenvalue weighted by Crippen LogP contribution is 2.18. The first-order valence-corrected chi connectivity index (χ1v) is 7.34. The number of carbonyl (C=O) groups is 1. The van der Waals surface area contributed by atoms with Crippen molar-refractivity contribution in [3.8, 4) is 0 Å². The third-order valence-corrected chi connectivity index (χ3v) is 4.85. The molecule has 0 saturated carbocycles. The zero-order chi connectivity index (χ0) is 12.5. The third kappa shape index (κ3) is 2.66. The fourth-order valence-corrected chi connectivity index (χ4v) is 3.81.